The van der Waals surface area contributed by atoms with Crippen LogP contribution in [0, 0.1) is 4.91 Å². The molecule has 0 atom stereocenters. The third kappa shape index (κ3) is 3.52. The number of hydrogen-bond donors (Lipinski definition) is 0. The van der Waals surface area contributed by atoms with Crippen molar-refractivity contribution in [3.05, 3.63) is 15.3 Å². The third-order valence-electron chi connectivity index (χ3n) is 1.17. The molecule has 0 N–H and O–H groups in total. The Hall–Kier alpha value is -1.62. The summed E-state index contributed by atoms with van der Waals surface area (Å²) in [6.45, 7) is 2.10. The van der Waals surface area contributed by atoms with Crippen LogP contribution in [0.4, 0.5) is 4.79 Å². The van der Waals surface area contributed by atoms with E-state index in [4.69, 9.17) is 5.53 Å². The zero-order valence-corrected chi connectivity index (χ0v) is 6.67. The molecule has 0 rings (SSSR count). The van der Waals surface area contributed by atoms with Gasteiger partial charge in [-0.05, 0) is 12.0 Å². The van der Waals surface area contributed by atoms with Gasteiger partial charge in [-0.1, -0.05) is 13.3 Å². The molecule has 0 aliphatic carbocycles. The molecular weight excluding hydrogens is 162 g/mol. The van der Waals surface area contributed by atoms with E-state index in [1.807, 2.05) is 6.92 Å². The van der Waals surface area contributed by atoms with E-state index in [1.54, 1.807) is 0 Å². The predicted octanol–water partition coefficient (Wildman–Crippen LogP) is 2.20. The topological polar surface area (TPSA) is 98.5 Å². The minimum Gasteiger partial charge on any atom is -0.265 e. The number of azide groups is 1. The molecule has 2 amide bonds. The van der Waals surface area contributed by atoms with Crippen LogP contribution >= 0.6 is 0 Å². The van der Waals surface area contributed by atoms with E-state index in [2.05, 4.69) is 15.3 Å². The average Bonchev–Trinajstić information content (AvgIpc) is 2.06. The molecule has 0 aliphatic rings. The van der Waals surface area contributed by atoms with E-state index < -0.39 is 6.03 Å². The van der Waals surface area contributed by atoms with Crippen molar-refractivity contribution in [2.75, 3.05) is 6.54 Å². The monoisotopic (exact) mass is 171 g/mol. The van der Waals surface area contributed by atoms with Gasteiger partial charge >= 0.3 is 6.03 Å². The lowest BCUT2D eigenvalue weighted by Crippen LogP contribution is -2.22. The summed E-state index contributed by atoms with van der Waals surface area (Å²) in [6, 6.07) is -0.957. The van der Waals surface area contributed by atoms with Crippen molar-refractivity contribution in [2.45, 2.75) is 19.8 Å². The summed E-state index contributed by atoms with van der Waals surface area (Å²) in [5, 5.41) is 5.74. The Morgan fingerprint density at radius 2 is 2.33 bits per heavy atom. The summed E-state index contributed by atoms with van der Waals surface area (Å²) in [7, 11) is 0. The summed E-state index contributed by atoms with van der Waals surface area (Å²) >= 11 is 0. The number of rotatable bonds is 4. The van der Waals surface area contributed by atoms with Gasteiger partial charge in [0.15, 0.2) is 0 Å². The Bertz CT molecular complexity index is 210. The van der Waals surface area contributed by atoms with Crippen LogP contribution in [0.3, 0.4) is 0 Å². The summed E-state index contributed by atoms with van der Waals surface area (Å²) in [5.74, 6) is 0. The fraction of sp³-hybridized carbons (Fsp3) is 0.800. The number of nitrogens with zero attached hydrogens (tertiary/aromatic N) is 5. The van der Waals surface area contributed by atoms with Gasteiger partial charge in [-0.15, -0.1) is 4.91 Å². The van der Waals surface area contributed by atoms with Gasteiger partial charge in [-0.2, -0.15) is 5.01 Å². The van der Waals surface area contributed by atoms with E-state index in [-0.39, 0.29) is 6.54 Å². The molecule has 0 bridgehead atoms. The predicted molar refractivity (Wildman–Crippen MR) is 42.0 cm³/mol. The number of carbonyl (C=O) groups excluding carboxylic acids is 1. The van der Waals surface area contributed by atoms with Crippen molar-refractivity contribution in [1.82, 2.24) is 5.01 Å². The number of hydrogen-bond acceptors (Lipinski definition) is 3. The lowest BCUT2D eigenvalue weighted by molar-refractivity contribution is 0.208. The van der Waals surface area contributed by atoms with Crippen LogP contribution in [0.1, 0.15) is 19.8 Å². The van der Waals surface area contributed by atoms with Crippen LogP contribution < -0.4 is 0 Å². The Morgan fingerprint density at radius 3 is 2.75 bits per heavy atom. The molecule has 0 fully saturated rings. The van der Waals surface area contributed by atoms with Gasteiger partial charge in [-0.25, -0.2) is 0 Å². The second kappa shape index (κ2) is 6.11. The first-order valence-electron chi connectivity index (χ1n) is 3.46. The van der Waals surface area contributed by atoms with Gasteiger partial charge in [0.1, 0.15) is 0 Å². The maximum atomic E-state index is 10.7. The summed E-state index contributed by atoms with van der Waals surface area (Å²) in [4.78, 5) is 22.9. The molecule has 0 saturated carbocycles. The molecule has 0 aromatic rings. The van der Waals surface area contributed by atoms with Crippen LogP contribution in [0.5, 0.6) is 0 Å². The van der Waals surface area contributed by atoms with Crippen LogP contribution in [0.2, 0.25) is 0 Å². The molecule has 12 heavy (non-hydrogen) atoms. The van der Waals surface area contributed by atoms with Gasteiger partial charge in [0.25, 0.3) is 0 Å². The molecule has 0 spiro atoms. The highest BCUT2D eigenvalue weighted by Crippen LogP contribution is 1.98. The molecule has 0 aromatic carbocycles. The molecule has 7 heteroatoms. The molecule has 0 aromatic heterocycles. The number of unbranched alkanes of at least 4 members (excludes halogenated alkanes) is 1. The average molecular weight is 171 g/mol. The van der Waals surface area contributed by atoms with Crippen LogP contribution in [-0.2, 0) is 0 Å². The van der Waals surface area contributed by atoms with Crippen molar-refractivity contribution in [3.63, 3.8) is 0 Å². The fourth-order valence-corrected chi connectivity index (χ4v) is 0.569. The van der Waals surface area contributed by atoms with E-state index in [0.717, 1.165) is 6.42 Å². The highest BCUT2D eigenvalue weighted by Gasteiger charge is 2.10. The number of nitroso groups, excluding NO2 is 1. The Kier molecular flexibility index (Phi) is 5.29. The van der Waals surface area contributed by atoms with Gasteiger partial charge < -0.3 is 0 Å². The van der Waals surface area contributed by atoms with Gasteiger partial charge in [-0.3, -0.25) is 4.79 Å². The highest BCUT2D eigenvalue weighted by atomic mass is 16.3. The van der Waals surface area contributed by atoms with Crippen molar-refractivity contribution in [1.29, 1.82) is 0 Å². The first kappa shape index (κ1) is 10.4. The molecule has 7 nitrogen and oxygen atoms in total. The zero-order chi connectivity index (χ0) is 9.40. The molecular formula is C5H9N5O2. The molecule has 66 valence electrons. The number of carbonyl (C=O) groups is 1. The largest absolute Gasteiger partial charge is 0.333 e. The summed E-state index contributed by atoms with van der Waals surface area (Å²) in [5.41, 5.74) is 7.87. The zero-order valence-electron chi connectivity index (χ0n) is 6.67. The second-order valence-corrected chi connectivity index (χ2v) is 2.03. The fourth-order valence-electron chi connectivity index (χ4n) is 0.569. The first-order chi connectivity index (χ1) is 5.76. The molecule has 0 unspecified atom stereocenters. The van der Waals surface area contributed by atoms with Crippen molar-refractivity contribution >= 4 is 6.03 Å². The standard InChI is InChI=1S/C5H9N5O2/c1-2-3-4-10(9-12)5(11)7-8-6/h2-4H2,1H3. The lowest BCUT2D eigenvalue weighted by atomic mass is 10.3. The number of amides is 2. The smallest absolute Gasteiger partial charge is 0.265 e. The Balaban J connectivity index is 4.04. The maximum Gasteiger partial charge on any atom is 0.333 e. The normalized spacial score (nSPS) is 8.42. The third-order valence-corrected chi connectivity index (χ3v) is 1.17. The molecule has 0 saturated heterocycles. The Morgan fingerprint density at radius 1 is 1.67 bits per heavy atom. The van der Waals surface area contributed by atoms with Gasteiger partial charge in [0, 0.05) is 16.6 Å². The van der Waals surface area contributed by atoms with Crippen molar-refractivity contribution < 1.29 is 4.79 Å². The van der Waals surface area contributed by atoms with Crippen LogP contribution in [0.25, 0.3) is 10.4 Å². The quantitative estimate of drug-likeness (QED) is 0.213. The maximum absolute atomic E-state index is 10.7. The van der Waals surface area contributed by atoms with Crippen molar-refractivity contribution in [2.24, 2.45) is 10.4 Å². The second-order valence-electron chi connectivity index (χ2n) is 2.03. The lowest BCUT2D eigenvalue weighted by Gasteiger charge is -2.07. The first-order valence-corrected chi connectivity index (χ1v) is 3.46. The summed E-state index contributed by atoms with van der Waals surface area (Å²) < 4.78 is 0. The van der Waals surface area contributed by atoms with E-state index in [1.165, 1.54) is 0 Å². The van der Waals surface area contributed by atoms with E-state index in [9.17, 15) is 9.70 Å². The van der Waals surface area contributed by atoms with Crippen LogP contribution in [0.15, 0.2) is 10.4 Å². The van der Waals surface area contributed by atoms with Gasteiger partial charge in [0.2, 0.25) is 0 Å². The van der Waals surface area contributed by atoms with E-state index >= 15 is 0 Å². The van der Waals surface area contributed by atoms with Crippen LogP contribution in [-0.4, -0.2) is 17.6 Å². The highest BCUT2D eigenvalue weighted by molar-refractivity contribution is 5.74. The SMILES string of the molecule is CCCCN(N=O)C(=O)N=[N+]=[N-]. The minimum absolute atomic E-state index is 0.192. The van der Waals surface area contributed by atoms with E-state index in [0.29, 0.717) is 11.4 Å². The Labute approximate surface area is 68.9 Å². The summed E-state index contributed by atoms with van der Waals surface area (Å²) in [6.07, 6.45) is 1.48. The van der Waals surface area contributed by atoms with Crippen molar-refractivity contribution in [3.8, 4) is 0 Å². The molecule has 0 heterocycles. The minimum atomic E-state index is -0.957. The molecule has 0 aliphatic heterocycles. The number of urea groups is 1. The molecule has 0 radical (unpaired) electrons. The van der Waals surface area contributed by atoms with Gasteiger partial charge in [0.05, 0.1) is 5.29 Å².